The van der Waals surface area contributed by atoms with Crippen LogP contribution in [0.1, 0.15) is 18.5 Å². The molecule has 5 nitrogen and oxygen atoms in total. The summed E-state index contributed by atoms with van der Waals surface area (Å²) in [5.74, 6) is 1.81. The van der Waals surface area contributed by atoms with Gasteiger partial charge in [0.25, 0.3) is 0 Å². The van der Waals surface area contributed by atoms with E-state index in [2.05, 4.69) is 15.4 Å². The fourth-order valence-electron chi connectivity index (χ4n) is 1.72. The molecule has 2 aromatic heterocycles. The van der Waals surface area contributed by atoms with Gasteiger partial charge in [-0.3, -0.25) is 9.25 Å². The minimum atomic E-state index is 0.601. The molecule has 0 aliphatic heterocycles. The van der Waals surface area contributed by atoms with Gasteiger partial charge in [-0.2, -0.15) is 5.10 Å². The summed E-state index contributed by atoms with van der Waals surface area (Å²) in [6.07, 6.45) is 6.43. The number of hydrogen-bond donors (Lipinski definition) is 1. The third-order valence-electron chi connectivity index (χ3n) is 2.68. The third-order valence-corrected chi connectivity index (χ3v) is 2.68. The van der Waals surface area contributed by atoms with Gasteiger partial charge in [0, 0.05) is 31.5 Å². The Bertz CT molecular complexity index is 506. The number of imidazole rings is 1. The summed E-state index contributed by atoms with van der Waals surface area (Å²) in [4.78, 5) is 4.48. The van der Waals surface area contributed by atoms with Crippen LogP contribution in [0.2, 0.25) is 0 Å². The van der Waals surface area contributed by atoms with Gasteiger partial charge < -0.3 is 5.32 Å². The molecule has 0 amide bonds. The summed E-state index contributed by atoms with van der Waals surface area (Å²) < 4.78 is 3.80. The summed E-state index contributed by atoms with van der Waals surface area (Å²) in [6.45, 7) is 2.00. The fourth-order valence-corrected chi connectivity index (χ4v) is 1.72. The first-order valence-corrected chi connectivity index (χ1v) is 5.55. The van der Waals surface area contributed by atoms with Crippen LogP contribution in [-0.2, 0) is 7.05 Å². The Morgan fingerprint density at radius 1 is 1.44 bits per heavy atom. The Hall–Kier alpha value is -1.78. The Labute approximate surface area is 94.1 Å². The van der Waals surface area contributed by atoms with Crippen molar-refractivity contribution >= 4 is 5.95 Å². The standard InChI is InChI=1S/C11H15N5/c1-8-7-16(10-5-6-15(2)14-10)11(12-8)13-9-3-4-9/h5-7,9H,3-4H2,1-2H3,(H,12,13). The highest BCUT2D eigenvalue weighted by Gasteiger charge is 2.23. The number of rotatable bonds is 3. The van der Waals surface area contributed by atoms with Crippen molar-refractivity contribution in [1.82, 2.24) is 19.3 Å². The molecule has 16 heavy (non-hydrogen) atoms. The highest BCUT2D eigenvalue weighted by atomic mass is 15.3. The van der Waals surface area contributed by atoms with Crippen LogP contribution in [0, 0.1) is 6.92 Å². The zero-order chi connectivity index (χ0) is 11.1. The van der Waals surface area contributed by atoms with Gasteiger partial charge in [0.15, 0.2) is 5.82 Å². The van der Waals surface area contributed by atoms with Gasteiger partial charge in [0.05, 0.1) is 5.69 Å². The van der Waals surface area contributed by atoms with Gasteiger partial charge >= 0.3 is 0 Å². The summed E-state index contributed by atoms with van der Waals surface area (Å²) in [5, 5.41) is 7.80. The second-order valence-corrected chi connectivity index (χ2v) is 4.34. The number of aromatic nitrogens is 4. The van der Waals surface area contributed by atoms with Crippen molar-refractivity contribution in [2.45, 2.75) is 25.8 Å². The molecule has 1 aliphatic carbocycles. The predicted octanol–water partition coefficient (Wildman–Crippen LogP) is 1.49. The molecule has 84 valence electrons. The summed E-state index contributed by atoms with van der Waals surface area (Å²) in [6, 6.07) is 2.59. The maximum absolute atomic E-state index is 4.48. The van der Waals surface area contributed by atoms with Crippen molar-refractivity contribution in [2.75, 3.05) is 5.32 Å². The van der Waals surface area contributed by atoms with Crippen molar-refractivity contribution < 1.29 is 0 Å². The van der Waals surface area contributed by atoms with Crippen LogP contribution in [-0.4, -0.2) is 25.4 Å². The summed E-state index contributed by atoms with van der Waals surface area (Å²) in [5.41, 5.74) is 1.01. The van der Waals surface area contributed by atoms with E-state index in [1.807, 2.05) is 37.0 Å². The van der Waals surface area contributed by atoms with Gasteiger partial charge in [0.1, 0.15) is 0 Å². The molecule has 1 aliphatic rings. The molecule has 1 fully saturated rings. The van der Waals surface area contributed by atoms with E-state index in [9.17, 15) is 0 Å². The highest BCUT2D eigenvalue weighted by molar-refractivity contribution is 5.40. The Morgan fingerprint density at radius 2 is 2.25 bits per heavy atom. The molecule has 0 radical (unpaired) electrons. The Morgan fingerprint density at radius 3 is 2.88 bits per heavy atom. The van der Waals surface area contributed by atoms with Gasteiger partial charge in [-0.1, -0.05) is 0 Å². The lowest BCUT2D eigenvalue weighted by Gasteiger charge is -2.05. The second kappa shape index (κ2) is 3.37. The first-order chi connectivity index (χ1) is 7.72. The van der Waals surface area contributed by atoms with Gasteiger partial charge in [-0.25, -0.2) is 4.98 Å². The largest absolute Gasteiger partial charge is 0.353 e. The van der Waals surface area contributed by atoms with E-state index in [-0.39, 0.29) is 0 Å². The minimum absolute atomic E-state index is 0.601. The van der Waals surface area contributed by atoms with Crippen LogP contribution in [0.4, 0.5) is 5.95 Å². The van der Waals surface area contributed by atoms with Crippen molar-refractivity contribution in [3.05, 3.63) is 24.2 Å². The zero-order valence-corrected chi connectivity index (χ0v) is 9.51. The second-order valence-electron chi connectivity index (χ2n) is 4.34. The lowest BCUT2D eigenvalue weighted by Crippen LogP contribution is -2.08. The number of anilines is 1. The molecule has 2 heterocycles. The van der Waals surface area contributed by atoms with Gasteiger partial charge in [-0.15, -0.1) is 0 Å². The minimum Gasteiger partial charge on any atom is -0.353 e. The molecule has 2 aromatic rings. The Kier molecular flexibility index (Phi) is 1.99. The molecule has 1 saturated carbocycles. The first kappa shape index (κ1) is 9.45. The highest BCUT2D eigenvalue weighted by Crippen LogP contribution is 2.25. The normalized spacial score (nSPS) is 15.4. The zero-order valence-electron chi connectivity index (χ0n) is 9.51. The van der Waals surface area contributed by atoms with E-state index in [0.717, 1.165) is 17.5 Å². The molecule has 3 rings (SSSR count). The van der Waals surface area contributed by atoms with Crippen molar-refractivity contribution in [1.29, 1.82) is 0 Å². The fraction of sp³-hybridized carbons (Fsp3) is 0.455. The van der Waals surface area contributed by atoms with Crippen molar-refractivity contribution in [3.8, 4) is 5.82 Å². The molecular formula is C11H15N5. The van der Waals surface area contributed by atoms with E-state index < -0.39 is 0 Å². The number of nitrogens with zero attached hydrogens (tertiary/aromatic N) is 4. The molecule has 5 heteroatoms. The van der Waals surface area contributed by atoms with Crippen LogP contribution in [0.15, 0.2) is 18.5 Å². The predicted molar refractivity (Wildman–Crippen MR) is 61.7 cm³/mol. The monoisotopic (exact) mass is 217 g/mol. The molecular weight excluding hydrogens is 202 g/mol. The van der Waals surface area contributed by atoms with Crippen LogP contribution < -0.4 is 5.32 Å². The smallest absolute Gasteiger partial charge is 0.209 e. The van der Waals surface area contributed by atoms with Gasteiger partial charge in [-0.05, 0) is 19.8 Å². The number of aryl methyl sites for hydroxylation is 2. The van der Waals surface area contributed by atoms with Crippen molar-refractivity contribution in [3.63, 3.8) is 0 Å². The maximum Gasteiger partial charge on any atom is 0.209 e. The molecule has 0 atom stereocenters. The van der Waals surface area contributed by atoms with E-state index in [0.29, 0.717) is 6.04 Å². The average Bonchev–Trinajstić information content (AvgIpc) is 2.82. The molecule has 0 saturated heterocycles. The molecule has 0 aromatic carbocycles. The molecule has 0 unspecified atom stereocenters. The third kappa shape index (κ3) is 1.68. The first-order valence-electron chi connectivity index (χ1n) is 5.55. The van der Waals surface area contributed by atoms with E-state index >= 15 is 0 Å². The molecule has 0 bridgehead atoms. The lowest BCUT2D eigenvalue weighted by atomic mass is 10.5. The van der Waals surface area contributed by atoms with E-state index in [1.54, 1.807) is 4.68 Å². The summed E-state index contributed by atoms with van der Waals surface area (Å²) >= 11 is 0. The topological polar surface area (TPSA) is 47.7 Å². The summed E-state index contributed by atoms with van der Waals surface area (Å²) in [7, 11) is 1.92. The maximum atomic E-state index is 4.48. The van der Waals surface area contributed by atoms with Gasteiger partial charge in [0.2, 0.25) is 5.95 Å². The average molecular weight is 217 g/mol. The SMILES string of the molecule is Cc1cn(-c2ccn(C)n2)c(NC2CC2)n1. The number of hydrogen-bond acceptors (Lipinski definition) is 3. The van der Waals surface area contributed by atoms with Crippen LogP contribution in [0.3, 0.4) is 0 Å². The number of nitrogens with one attached hydrogen (secondary N) is 1. The van der Waals surface area contributed by atoms with Crippen molar-refractivity contribution in [2.24, 2.45) is 7.05 Å². The van der Waals surface area contributed by atoms with Crippen LogP contribution in [0.5, 0.6) is 0 Å². The quantitative estimate of drug-likeness (QED) is 0.847. The van der Waals surface area contributed by atoms with E-state index in [4.69, 9.17) is 0 Å². The van der Waals surface area contributed by atoms with Crippen LogP contribution in [0.25, 0.3) is 5.82 Å². The molecule has 0 spiro atoms. The van der Waals surface area contributed by atoms with E-state index in [1.165, 1.54) is 12.8 Å². The van der Waals surface area contributed by atoms with Crippen LogP contribution >= 0.6 is 0 Å². The molecule has 1 N–H and O–H groups in total. The lowest BCUT2D eigenvalue weighted by molar-refractivity contribution is 0.751. The Balaban J connectivity index is 1.97.